The van der Waals surface area contributed by atoms with Crippen molar-refractivity contribution in [2.24, 2.45) is 0 Å². The minimum atomic E-state index is -0.106. The summed E-state index contributed by atoms with van der Waals surface area (Å²) >= 11 is 0. The Morgan fingerprint density at radius 2 is 2.17 bits per heavy atom. The number of hydrogen-bond acceptors (Lipinski definition) is 5. The number of fused-ring (bicyclic) bond motifs is 1. The molecule has 0 fully saturated rings. The second kappa shape index (κ2) is 7.59. The lowest BCUT2D eigenvalue weighted by Crippen LogP contribution is -2.26. The Labute approximate surface area is 141 Å². The van der Waals surface area contributed by atoms with Crippen molar-refractivity contribution in [1.82, 2.24) is 25.2 Å². The van der Waals surface area contributed by atoms with E-state index in [2.05, 4.69) is 25.2 Å². The molecule has 1 amide bonds. The highest BCUT2D eigenvalue weighted by molar-refractivity contribution is 5.96. The number of amides is 1. The van der Waals surface area contributed by atoms with Gasteiger partial charge in [-0.1, -0.05) is 18.5 Å². The molecule has 1 N–H and O–H groups in total. The third-order valence-electron chi connectivity index (χ3n) is 4.54. The normalized spacial score (nSPS) is 14.2. The zero-order chi connectivity index (χ0) is 16.9. The van der Waals surface area contributed by atoms with Gasteiger partial charge in [-0.3, -0.25) is 4.79 Å². The molecule has 0 spiro atoms. The van der Waals surface area contributed by atoms with Gasteiger partial charge in [0.15, 0.2) is 0 Å². The van der Waals surface area contributed by atoms with E-state index in [1.54, 1.807) is 6.92 Å². The standard InChI is InChI=1S/C17H25N5O2/c1-3-13-16(12(2)24-21-13)17(23)18-10-7-9-15-20-19-14-8-5-4-6-11-22(14)15/h3-11H2,1-2H3,(H,18,23). The average Bonchev–Trinajstić information content (AvgIpc) is 3.06. The van der Waals surface area contributed by atoms with Crippen LogP contribution in [0.4, 0.5) is 0 Å². The number of carbonyl (C=O) groups excluding carboxylic acids is 1. The van der Waals surface area contributed by atoms with Crippen LogP contribution in [0.5, 0.6) is 0 Å². The van der Waals surface area contributed by atoms with E-state index in [1.807, 2.05) is 6.92 Å². The molecule has 0 saturated carbocycles. The van der Waals surface area contributed by atoms with Gasteiger partial charge in [-0.05, 0) is 32.6 Å². The summed E-state index contributed by atoms with van der Waals surface area (Å²) in [7, 11) is 0. The first-order valence-electron chi connectivity index (χ1n) is 8.85. The molecule has 0 atom stereocenters. The van der Waals surface area contributed by atoms with Crippen LogP contribution in [0.2, 0.25) is 0 Å². The van der Waals surface area contributed by atoms with Crippen LogP contribution in [-0.2, 0) is 25.8 Å². The van der Waals surface area contributed by atoms with Crippen molar-refractivity contribution in [3.8, 4) is 0 Å². The lowest BCUT2D eigenvalue weighted by molar-refractivity contribution is 0.0951. The van der Waals surface area contributed by atoms with Gasteiger partial charge >= 0.3 is 0 Å². The minimum Gasteiger partial charge on any atom is -0.361 e. The summed E-state index contributed by atoms with van der Waals surface area (Å²) in [4.78, 5) is 12.3. The largest absolute Gasteiger partial charge is 0.361 e. The van der Waals surface area contributed by atoms with Crippen molar-refractivity contribution >= 4 is 5.91 Å². The van der Waals surface area contributed by atoms with Gasteiger partial charge in [0.05, 0.1) is 5.69 Å². The van der Waals surface area contributed by atoms with Gasteiger partial charge in [-0.2, -0.15) is 0 Å². The monoisotopic (exact) mass is 331 g/mol. The van der Waals surface area contributed by atoms with E-state index >= 15 is 0 Å². The first kappa shape index (κ1) is 16.7. The summed E-state index contributed by atoms with van der Waals surface area (Å²) in [6, 6.07) is 0. The van der Waals surface area contributed by atoms with Crippen molar-refractivity contribution in [3.05, 3.63) is 28.7 Å². The Morgan fingerprint density at radius 3 is 3.00 bits per heavy atom. The number of aryl methyl sites for hydroxylation is 4. The van der Waals surface area contributed by atoms with Crippen LogP contribution < -0.4 is 5.32 Å². The summed E-state index contributed by atoms with van der Waals surface area (Å²) < 4.78 is 7.37. The summed E-state index contributed by atoms with van der Waals surface area (Å²) in [5, 5.41) is 15.5. The lowest BCUT2D eigenvalue weighted by Gasteiger charge is -2.08. The van der Waals surface area contributed by atoms with E-state index < -0.39 is 0 Å². The summed E-state index contributed by atoms with van der Waals surface area (Å²) in [5.41, 5.74) is 1.29. The molecule has 0 bridgehead atoms. The molecule has 0 saturated heterocycles. The SMILES string of the molecule is CCc1noc(C)c1C(=O)NCCCc1nnc2n1CCCCC2. The molecule has 7 heteroatoms. The highest BCUT2D eigenvalue weighted by Crippen LogP contribution is 2.16. The summed E-state index contributed by atoms with van der Waals surface area (Å²) in [5.74, 6) is 2.62. The number of carbonyl (C=O) groups is 1. The number of hydrogen-bond donors (Lipinski definition) is 1. The van der Waals surface area contributed by atoms with Crippen molar-refractivity contribution < 1.29 is 9.32 Å². The maximum absolute atomic E-state index is 12.3. The van der Waals surface area contributed by atoms with Crippen LogP contribution in [-0.4, -0.2) is 32.4 Å². The maximum atomic E-state index is 12.3. The highest BCUT2D eigenvalue weighted by Gasteiger charge is 2.19. The molecule has 130 valence electrons. The first-order chi connectivity index (χ1) is 11.7. The Kier molecular flexibility index (Phi) is 5.27. The van der Waals surface area contributed by atoms with Crippen LogP contribution >= 0.6 is 0 Å². The van der Waals surface area contributed by atoms with Gasteiger partial charge in [-0.15, -0.1) is 10.2 Å². The molecule has 0 radical (unpaired) electrons. The Bertz CT molecular complexity index is 704. The van der Waals surface area contributed by atoms with E-state index in [4.69, 9.17) is 4.52 Å². The summed E-state index contributed by atoms with van der Waals surface area (Å²) in [6.45, 7) is 5.36. The molecule has 1 aliphatic heterocycles. The van der Waals surface area contributed by atoms with Gasteiger partial charge in [-0.25, -0.2) is 0 Å². The van der Waals surface area contributed by atoms with E-state index in [1.165, 1.54) is 19.3 Å². The topological polar surface area (TPSA) is 85.8 Å². The smallest absolute Gasteiger partial charge is 0.256 e. The Morgan fingerprint density at radius 1 is 1.29 bits per heavy atom. The predicted octanol–water partition coefficient (Wildman–Crippen LogP) is 2.23. The first-order valence-corrected chi connectivity index (χ1v) is 8.85. The van der Waals surface area contributed by atoms with Gasteiger partial charge in [0.2, 0.25) is 0 Å². The van der Waals surface area contributed by atoms with Gasteiger partial charge < -0.3 is 14.4 Å². The van der Waals surface area contributed by atoms with Gasteiger partial charge in [0.1, 0.15) is 23.0 Å². The van der Waals surface area contributed by atoms with Crippen LogP contribution in [0.15, 0.2) is 4.52 Å². The lowest BCUT2D eigenvalue weighted by atomic mass is 10.1. The molecule has 2 aromatic rings. The second-order valence-corrected chi connectivity index (χ2v) is 6.27. The molecule has 2 aromatic heterocycles. The fourth-order valence-corrected chi connectivity index (χ4v) is 3.22. The number of nitrogens with zero attached hydrogens (tertiary/aromatic N) is 4. The highest BCUT2D eigenvalue weighted by atomic mass is 16.5. The predicted molar refractivity (Wildman–Crippen MR) is 88.8 cm³/mol. The quantitative estimate of drug-likeness (QED) is 0.820. The molecular weight excluding hydrogens is 306 g/mol. The van der Waals surface area contributed by atoms with Gasteiger partial charge in [0.25, 0.3) is 5.91 Å². The molecule has 0 aliphatic carbocycles. The second-order valence-electron chi connectivity index (χ2n) is 6.27. The zero-order valence-electron chi connectivity index (χ0n) is 14.5. The zero-order valence-corrected chi connectivity index (χ0v) is 14.5. The molecule has 3 heterocycles. The molecule has 7 nitrogen and oxygen atoms in total. The fourth-order valence-electron chi connectivity index (χ4n) is 3.22. The number of rotatable bonds is 6. The molecule has 24 heavy (non-hydrogen) atoms. The van der Waals surface area contributed by atoms with Crippen LogP contribution in [0, 0.1) is 6.92 Å². The molecule has 0 aromatic carbocycles. The van der Waals surface area contributed by atoms with Crippen molar-refractivity contribution in [2.75, 3.05) is 6.54 Å². The third kappa shape index (κ3) is 3.49. The fraction of sp³-hybridized carbons (Fsp3) is 0.647. The Balaban J connectivity index is 1.51. The van der Waals surface area contributed by atoms with Crippen molar-refractivity contribution in [3.63, 3.8) is 0 Å². The van der Waals surface area contributed by atoms with E-state index in [-0.39, 0.29) is 5.91 Å². The van der Waals surface area contributed by atoms with E-state index in [0.717, 1.165) is 37.5 Å². The van der Waals surface area contributed by atoms with Gasteiger partial charge in [0, 0.05) is 25.9 Å². The number of nitrogens with one attached hydrogen (secondary N) is 1. The van der Waals surface area contributed by atoms with Crippen LogP contribution in [0.25, 0.3) is 0 Å². The molecule has 3 rings (SSSR count). The summed E-state index contributed by atoms with van der Waals surface area (Å²) in [6.07, 6.45) is 7.04. The van der Waals surface area contributed by atoms with Crippen molar-refractivity contribution in [2.45, 2.75) is 65.3 Å². The van der Waals surface area contributed by atoms with E-state index in [9.17, 15) is 4.79 Å². The van der Waals surface area contributed by atoms with E-state index in [0.29, 0.717) is 30.0 Å². The van der Waals surface area contributed by atoms with Crippen LogP contribution in [0.3, 0.4) is 0 Å². The Hall–Kier alpha value is -2.18. The third-order valence-corrected chi connectivity index (χ3v) is 4.54. The molecule has 1 aliphatic rings. The number of aromatic nitrogens is 4. The van der Waals surface area contributed by atoms with Crippen molar-refractivity contribution in [1.29, 1.82) is 0 Å². The molecule has 0 unspecified atom stereocenters. The average molecular weight is 331 g/mol. The maximum Gasteiger partial charge on any atom is 0.256 e. The minimum absolute atomic E-state index is 0.106. The van der Waals surface area contributed by atoms with Crippen LogP contribution in [0.1, 0.15) is 66.1 Å². The molecular formula is C17H25N5O2.